The van der Waals surface area contributed by atoms with Crippen LogP contribution < -0.4 is 0 Å². The molecule has 2 aromatic heterocycles. The maximum atomic E-state index is 12.6. The van der Waals surface area contributed by atoms with Crippen LogP contribution in [0, 0.1) is 12.3 Å². The lowest BCUT2D eigenvalue weighted by Gasteiger charge is -2.31. The molecule has 23 heavy (non-hydrogen) atoms. The number of hydrogen-bond acceptors (Lipinski definition) is 6. The van der Waals surface area contributed by atoms with Crippen molar-refractivity contribution < 1.29 is 12.9 Å². The largest absolute Gasteiger partial charge is 0.340 e. The zero-order valence-corrected chi connectivity index (χ0v) is 14.0. The summed E-state index contributed by atoms with van der Waals surface area (Å²) in [5.74, 6) is 1.65. The Labute approximate surface area is 134 Å². The summed E-state index contributed by atoms with van der Waals surface area (Å²) in [7, 11) is -1.73. The molecule has 2 aromatic rings. The number of imidazole rings is 1. The molecule has 1 saturated carbocycles. The van der Waals surface area contributed by atoms with Gasteiger partial charge in [-0.1, -0.05) is 5.16 Å². The maximum Gasteiger partial charge on any atom is 0.262 e. The lowest BCUT2D eigenvalue weighted by Crippen LogP contribution is -2.39. The second-order valence-electron chi connectivity index (χ2n) is 6.57. The molecule has 1 aliphatic heterocycles. The van der Waals surface area contributed by atoms with Crippen LogP contribution in [0.1, 0.15) is 36.9 Å². The van der Waals surface area contributed by atoms with Crippen LogP contribution in [0.2, 0.25) is 0 Å². The first-order valence-electron chi connectivity index (χ1n) is 7.69. The van der Waals surface area contributed by atoms with Gasteiger partial charge < -0.3 is 9.09 Å². The Morgan fingerprint density at radius 2 is 2.09 bits per heavy atom. The molecule has 2 fully saturated rings. The number of piperidine rings is 1. The summed E-state index contributed by atoms with van der Waals surface area (Å²) in [5.41, 5.74) is 0.145. The van der Waals surface area contributed by atoms with E-state index in [-0.39, 0.29) is 10.4 Å². The van der Waals surface area contributed by atoms with Gasteiger partial charge in [-0.25, -0.2) is 13.4 Å². The molecule has 3 heterocycles. The Balaban J connectivity index is 1.46. The number of nitrogens with zero attached hydrogens (tertiary/aromatic N) is 5. The highest BCUT2D eigenvalue weighted by Gasteiger charge is 2.58. The van der Waals surface area contributed by atoms with E-state index in [1.165, 1.54) is 10.6 Å². The highest BCUT2D eigenvalue weighted by Crippen LogP contribution is 2.64. The first kappa shape index (κ1) is 14.8. The van der Waals surface area contributed by atoms with Gasteiger partial charge in [0.25, 0.3) is 10.0 Å². The smallest absolute Gasteiger partial charge is 0.262 e. The van der Waals surface area contributed by atoms with Crippen LogP contribution in [0.25, 0.3) is 0 Å². The molecule has 0 bridgehead atoms. The van der Waals surface area contributed by atoms with Crippen molar-refractivity contribution in [2.24, 2.45) is 12.5 Å². The van der Waals surface area contributed by atoms with Gasteiger partial charge in [0.1, 0.15) is 0 Å². The molecule has 1 unspecified atom stereocenters. The van der Waals surface area contributed by atoms with E-state index in [2.05, 4.69) is 15.1 Å². The second kappa shape index (κ2) is 4.88. The number of hydrogen-bond donors (Lipinski definition) is 0. The SMILES string of the molecule is Cc1nc(C2CC23CCN(S(=O)(=O)c2cn(C)cn2)CC3)no1. The molecule has 1 spiro atoms. The van der Waals surface area contributed by atoms with E-state index in [0.29, 0.717) is 24.9 Å². The van der Waals surface area contributed by atoms with E-state index in [1.807, 2.05) is 0 Å². The minimum atomic E-state index is -3.49. The van der Waals surface area contributed by atoms with Gasteiger partial charge in [-0.15, -0.1) is 0 Å². The average Bonchev–Trinajstić information content (AvgIpc) is 2.88. The molecular weight excluding hydrogens is 318 g/mol. The zero-order chi connectivity index (χ0) is 16.2. The Kier molecular flexibility index (Phi) is 3.14. The Bertz CT molecular complexity index is 832. The van der Waals surface area contributed by atoms with Gasteiger partial charge in [-0.3, -0.25) is 0 Å². The van der Waals surface area contributed by atoms with E-state index in [1.54, 1.807) is 24.7 Å². The van der Waals surface area contributed by atoms with Crippen LogP contribution in [0.5, 0.6) is 0 Å². The molecule has 2 aliphatic rings. The number of sulfonamides is 1. The van der Waals surface area contributed by atoms with Crippen molar-refractivity contribution in [1.82, 2.24) is 24.0 Å². The Morgan fingerprint density at radius 3 is 2.65 bits per heavy atom. The summed E-state index contributed by atoms with van der Waals surface area (Å²) in [6, 6.07) is 0. The van der Waals surface area contributed by atoms with E-state index in [4.69, 9.17) is 4.52 Å². The van der Waals surface area contributed by atoms with Crippen molar-refractivity contribution in [2.75, 3.05) is 13.1 Å². The van der Waals surface area contributed by atoms with Crippen molar-refractivity contribution in [3.8, 4) is 0 Å². The van der Waals surface area contributed by atoms with Gasteiger partial charge in [-0.05, 0) is 24.7 Å². The molecule has 4 rings (SSSR count). The number of rotatable bonds is 3. The lowest BCUT2D eigenvalue weighted by molar-refractivity contribution is 0.249. The van der Waals surface area contributed by atoms with E-state index in [9.17, 15) is 8.42 Å². The molecule has 0 N–H and O–H groups in total. The molecule has 0 radical (unpaired) electrons. The third-order valence-electron chi connectivity index (χ3n) is 5.05. The van der Waals surface area contributed by atoms with Crippen LogP contribution in [0.15, 0.2) is 22.1 Å². The predicted octanol–water partition coefficient (Wildman–Crippen LogP) is 1.07. The van der Waals surface area contributed by atoms with Crippen molar-refractivity contribution in [1.29, 1.82) is 0 Å². The van der Waals surface area contributed by atoms with Gasteiger partial charge in [-0.2, -0.15) is 9.29 Å². The maximum absolute atomic E-state index is 12.6. The van der Waals surface area contributed by atoms with Crippen LogP contribution >= 0.6 is 0 Å². The fourth-order valence-electron chi connectivity index (χ4n) is 3.55. The van der Waals surface area contributed by atoms with Crippen molar-refractivity contribution in [3.05, 3.63) is 24.2 Å². The fourth-order valence-corrected chi connectivity index (χ4v) is 4.96. The topological polar surface area (TPSA) is 94.1 Å². The number of aryl methyl sites for hydroxylation is 2. The summed E-state index contributed by atoms with van der Waals surface area (Å²) in [6.07, 6.45) is 5.73. The molecule has 1 aliphatic carbocycles. The summed E-state index contributed by atoms with van der Waals surface area (Å²) in [5, 5.41) is 4.14. The highest BCUT2D eigenvalue weighted by atomic mass is 32.2. The van der Waals surface area contributed by atoms with E-state index in [0.717, 1.165) is 25.1 Å². The molecule has 124 valence electrons. The van der Waals surface area contributed by atoms with Crippen LogP contribution in [0.4, 0.5) is 0 Å². The minimum Gasteiger partial charge on any atom is -0.340 e. The van der Waals surface area contributed by atoms with Gasteiger partial charge in [0.2, 0.25) is 5.89 Å². The summed E-state index contributed by atoms with van der Waals surface area (Å²) >= 11 is 0. The van der Waals surface area contributed by atoms with Crippen molar-refractivity contribution >= 4 is 10.0 Å². The van der Waals surface area contributed by atoms with Gasteiger partial charge in [0, 0.05) is 39.2 Å². The van der Waals surface area contributed by atoms with Crippen LogP contribution in [-0.2, 0) is 17.1 Å². The van der Waals surface area contributed by atoms with Gasteiger partial charge >= 0.3 is 0 Å². The summed E-state index contributed by atoms with van der Waals surface area (Å²) in [6.45, 7) is 2.83. The summed E-state index contributed by atoms with van der Waals surface area (Å²) in [4.78, 5) is 8.30. The zero-order valence-electron chi connectivity index (χ0n) is 13.1. The third-order valence-corrected chi connectivity index (χ3v) is 6.83. The highest BCUT2D eigenvalue weighted by molar-refractivity contribution is 7.89. The Morgan fingerprint density at radius 1 is 1.35 bits per heavy atom. The van der Waals surface area contributed by atoms with E-state index < -0.39 is 10.0 Å². The van der Waals surface area contributed by atoms with Crippen molar-refractivity contribution in [2.45, 2.75) is 37.1 Å². The first-order valence-corrected chi connectivity index (χ1v) is 9.13. The molecule has 1 atom stereocenters. The normalized spacial score (nSPS) is 24.2. The van der Waals surface area contributed by atoms with E-state index >= 15 is 0 Å². The quantitative estimate of drug-likeness (QED) is 0.831. The van der Waals surface area contributed by atoms with Crippen LogP contribution in [0.3, 0.4) is 0 Å². The third kappa shape index (κ3) is 2.38. The molecule has 1 saturated heterocycles. The molecule has 0 amide bonds. The first-order chi connectivity index (χ1) is 10.9. The lowest BCUT2D eigenvalue weighted by atomic mass is 9.92. The van der Waals surface area contributed by atoms with Crippen LogP contribution in [-0.4, -0.2) is 45.5 Å². The molecule has 8 nitrogen and oxygen atoms in total. The standard InChI is InChI=1S/C14H19N5O3S/c1-10-16-13(17-22-10)11-7-14(11)3-5-19(6-4-14)23(20,21)12-8-18(2)9-15-12/h8-9,11H,3-7H2,1-2H3. The predicted molar refractivity (Wildman–Crippen MR) is 80.0 cm³/mol. The fraction of sp³-hybridized carbons (Fsp3) is 0.643. The second-order valence-corrected chi connectivity index (χ2v) is 8.46. The van der Waals surface area contributed by atoms with Crippen molar-refractivity contribution in [3.63, 3.8) is 0 Å². The number of aromatic nitrogens is 4. The van der Waals surface area contributed by atoms with Gasteiger partial charge in [0.05, 0.1) is 6.33 Å². The summed E-state index contributed by atoms with van der Waals surface area (Å²) < 4.78 is 33.4. The van der Waals surface area contributed by atoms with Gasteiger partial charge in [0.15, 0.2) is 10.9 Å². The monoisotopic (exact) mass is 337 g/mol. The average molecular weight is 337 g/mol. The molecule has 0 aromatic carbocycles. The Hall–Kier alpha value is -1.74. The minimum absolute atomic E-state index is 0.122. The molecule has 9 heteroatoms. The molecular formula is C14H19N5O3S.